The minimum atomic E-state index is -0.270. The Morgan fingerprint density at radius 2 is 2.31 bits per heavy atom. The van der Waals surface area contributed by atoms with Crippen molar-refractivity contribution in [2.24, 2.45) is 5.92 Å². The molecule has 1 aromatic carbocycles. The molecule has 1 atom stereocenters. The van der Waals surface area contributed by atoms with E-state index >= 15 is 0 Å². The van der Waals surface area contributed by atoms with Gasteiger partial charge in [-0.05, 0) is 46.8 Å². The van der Waals surface area contributed by atoms with Crippen molar-refractivity contribution in [3.8, 4) is 0 Å². The van der Waals surface area contributed by atoms with Crippen LogP contribution in [0, 0.1) is 11.7 Å². The molecule has 16 heavy (non-hydrogen) atoms. The van der Waals surface area contributed by atoms with Gasteiger partial charge in [-0.1, -0.05) is 12.1 Å². The van der Waals surface area contributed by atoms with Gasteiger partial charge in [0.1, 0.15) is 5.82 Å². The number of amides is 1. The molecule has 1 aromatic rings. The van der Waals surface area contributed by atoms with Gasteiger partial charge in [0.2, 0.25) is 5.91 Å². The topological polar surface area (TPSA) is 29.1 Å². The summed E-state index contributed by atoms with van der Waals surface area (Å²) in [7, 11) is 0. The maximum atomic E-state index is 13.3. The van der Waals surface area contributed by atoms with Crippen molar-refractivity contribution in [2.75, 3.05) is 6.54 Å². The fourth-order valence-corrected chi connectivity index (χ4v) is 2.43. The average molecular weight is 286 g/mol. The van der Waals surface area contributed by atoms with Crippen LogP contribution in [0.3, 0.4) is 0 Å². The summed E-state index contributed by atoms with van der Waals surface area (Å²) in [4.78, 5) is 11.6. The molecule has 0 aliphatic carbocycles. The monoisotopic (exact) mass is 285 g/mol. The first-order valence-electron chi connectivity index (χ1n) is 5.39. The van der Waals surface area contributed by atoms with Crippen LogP contribution < -0.4 is 5.32 Å². The van der Waals surface area contributed by atoms with E-state index in [9.17, 15) is 9.18 Å². The molecule has 1 aliphatic heterocycles. The van der Waals surface area contributed by atoms with E-state index in [2.05, 4.69) is 21.2 Å². The van der Waals surface area contributed by atoms with Crippen molar-refractivity contribution >= 4 is 21.8 Å². The lowest BCUT2D eigenvalue weighted by atomic mass is 9.91. The SMILES string of the molecule is O=C1NCCCC1Cc1cccc(F)c1Br. The van der Waals surface area contributed by atoms with E-state index in [1.807, 2.05) is 6.07 Å². The Balaban J connectivity index is 2.14. The number of rotatable bonds is 2. The van der Waals surface area contributed by atoms with Gasteiger partial charge in [-0.3, -0.25) is 4.79 Å². The van der Waals surface area contributed by atoms with Crippen molar-refractivity contribution in [3.63, 3.8) is 0 Å². The molecule has 1 aliphatic rings. The highest BCUT2D eigenvalue weighted by Crippen LogP contribution is 2.25. The van der Waals surface area contributed by atoms with Crippen LogP contribution in [0.15, 0.2) is 22.7 Å². The number of carbonyl (C=O) groups excluding carboxylic acids is 1. The van der Waals surface area contributed by atoms with Crippen LogP contribution in [-0.2, 0) is 11.2 Å². The van der Waals surface area contributed by atoms with E-state index in [1.165, 1.54) is 6.07 Å². The maximum absolute atomic E-state index is 13.3. The molecule has 1 unspecified atom stereocenters. The number of nitrogens with one attached hydrogen (secondary N) is 1. The molecule has 1 amide bonds. The second kappa shape index (κ2) is 4.95. The third kappa shape index (κ3) is 2.43. The highest BCUT2D eigenvalue weighted by Gasteiger charge is 2.23. The lowest BCUT2D eigenvalue weighted by molar-refractivity contribution is -0.126. The normalized spacial score (nSPS) is 20.6. The number of halogens is 2. The van der Waals surface area contributed by atoms with E-state index in [4.69, 9.17) is 0 Å². The highest BCUT2D eigenvalue weighted by atomic mass is 79.9. The number of piperidine rings is 1. The summed E-state index contributed by atoms with van der Waals surface area (Å²) < 4.78 is 13.8. The summed E-state index contributed by atoms with van der Waals surface area (Å²) in [6.07, 6.45) is 2.49. The van der Waals surface area contributed by atoms with Gasteiger partial charge < -0.3 is 5.32 Å². The molecule has 0 radical (unpaired) electrons. The maximum Gasteiger partial charge on any atom is 0.223 e. The summed E-state index contributed by atoms with van der Waals surface area (Å²) in [6, 6.07) is 4.94. The zero-order valence-corrected chi connectivity index (χ0v) is 10.4. The van der Waals surface area contributed by atoms with Gasteiger partial charge in [0.05, 0.1) is 4.47 Å². The molecular weight excluding hydrogens is 273 g/mol. The van der Waals surface area contributed by atoms with Gasteiger partial charge in [-0.2, -0.15) is 0 Å². The Kier molecular flexibility index (Phi) is 3.59. The minimum Gasteiger partial charge on any atom is -0.356 e. The van der Waals surface area contributed by atoms with Crippen LogP contribution in [-0.4, -0.2) is 12.5 Å². The van der Waals surface area contributed by atoms with E-state index in [0.717, 1.165) is 24.9 Å². The molecule has 1 fully saturated rings. The predicted octanol–water partition coefficient (Wildman–Crippen LogP) is 2.66. The van der Waals surface area contributed by atoms with Crippen LogP contribution in [0.4, 0.5) is 4.39 Å². The smallest absolute Gasteiger partial charge is 0.223 e. The summed E-state index contributed by atoms with van der Waals surface area (Å²) in [5, 5.41) is 2.84. The molecule has 4 heteroatoms. The van der Waals surface area contributed by atoms with Crippen LogP contribution in [0.5, 0.6) is 0 Å². The van der Waals surface area contributed by atoms with E-state index in [-0.39, 0.29) is 17.6 Å². The molecule has 1 N–H and O–H groups in total. The van der Waals surface area contributed by atoms with Crippen LogP contribution in [0.25, 0.3) is 0 Å². The number of hydrogen-bond donors (Lipinski definition) is 1. The fourth-order valence-electron chi connectivity index (χ4n) is 2.00. The van der Waals surface area contributed by atoms with Crippen LogP contribution in [0.1, 0.15) is 18.4 Å². The number of hydrogen-bond acceptors (Lipinski definition) is 1. The Bertz CT molecular complexity index is 408. The summed E-state index contributed by atoms with van der Waals surface area (Å²) >= 11 is 3.22. The first kappa shape index (κ1) is 11.6. The van der Waals surface area contributed by atoms with Gasteiger partial charge in [0, 0.05) is 12.5 Å². The van der Waals surface area contributed by atoms with Gasteiger partial charge >= 0.3 is 0 Å². The number of carbonyl (C=O) groups is 1. The third-order valence-corrected chi connectivity index (χ3v) is 3.79. The van der Waals surface area contributed by atoms with Crippen LogP contribution in [0.2, 0.25) is 0 Å². The molecule has 2 rings (SSSR count). The second-order valence-corrected chi connectivity index (χ2v) is 4.84. The van der Waals surface area contributed by atoms with E-state index < -0.39 is 0 Å². The first-order valence-corrected chi connectivity index (χ1v) is 6.18. The zero-order chi connectivity index (χ0) is 11.5. The van der Waals surface area contributed by atoms with Gasteiger partial charge in [-0.15, -0.1) is 0 Å². The lowest BCUT2D eigenvalue weighted by Crippen LogP contribution is -2.37. The van der Waals surface area contributed by atoms with Gasteiger partial charge in [-0.25, -0.2) is 4.39 Å². The summed E-state index contributed by atoms with van der Waals surface area (Å²) in [5.74, 6) is -0.206. The third-order valence-electron chi connectivity index (χ3n) is 2.90. The lowest BCUT2D eigenvalue weighted by Gasteiger charge is -2.22. The molecule has 1 saturated heterocycles. The quantitative estimate of drug-likeness (QED) is 0.889. The summed E-state index contributed by atoms with van der Waals surface area (Å²) in [6.45, 7) is 0.764. The molecule has 2 nitrogen and oxygen atoms in total. The molecule has 0 spiro atoms. The van der Waals surface area contributed by atoms with Crippen molar-refractivity contribution < 1.29 is 9.18 Å². The van der Waals surface area contributed by atoms with Gasteiger partial charge in [0.25, 0.3) is 0 Å². The van der Waals surface area contributed by atoms with Crippen LogP contribution >= 0.6 is 15.9 Å². The predicted molar refractivity (Wildman–Crippen MR) is 63.5 cm³/mol. The molecule has 0 aromatic heterocycles. The zero-order valence-electron chi connectivity index (χ0n) is 8.80. The highest BCUT2D eigenvalue weighted by molar-refractivity contribution is 9.10. The molecule has 86 valence electrons. The Morgan fingerprint density at radius 1 is 1.50 bits per heavy atom. The van der Waals surface area contributed by atoms with Crippen molar-refractivity contribution in [1.29, 1.82) is 0 Å². The fraction of sp³-hybridized carbons (Fsp3) is 0.417. The standard InChI is InChI=1S/C12H13BrFNO/c13-11-8(3-1-5-10(11)14)7-9-4-2-6-15-12(9)16/h1,3,5,9H,2,4,6-7H2,(H,15,16). The minimum absolute atomic E-state index is 0.0214. The first-order chi connectivity index (χ1) is 7.68. The average Bonchev–Trinajstić information content (AvgIpc) is 2.28. The summed E-state index contributed by atoms with van der Waals surface area (Å²) in [5.41, 5.74) is 0.863. The largest absolute Gasteiger partial charge is 0.356 e. The van der Waals surface area contributed by atoms with Crippen molar-refractivity contribution in [1.82, 2.24) is 5.32 Å². The molecular formula is C12H13BrFNO. The number of benzene rings is 1. The Hall–Kier alpha value is -0.900. The molecule has 1 heterocycles. The van der Waals surface area contributed by atoms with Crippen molar-refractivity contribution in [2.45, 2.75) is 19.3 Å². The molecule has 0 saturated carbocycles. The van der Waals surface area contributed by atoms with E-state index in [1.54, 1.807) is 6.07 Å². The Labute approximate surface area is 102 Å². The van der Waals surface area contributed by atoms with E-state index in [0.29, 0.717) is 10.9 Å². The second-order valence-electron chi connectivity index (χ2n) is 4.05. The van der Waals surface area contributed by atoms with Crippen molar-refractivity contribution in [3.05, 3.63) is 34.1 Å². The Morgan fingerprint density at radius 3 is 3.06 bits per heavy atom. The molecule has 0 bridgehead atoms. The van der Waals surface area contributed by atoms with Gasteiger partial charge in [0.15, 0.2) is 0 Å².